The smallest absolute Gasteiger partial charge is 0.220 e. The zero-order valence-electron chi connectivity index (χ0n) is 18.9. The molecular weight excluding hydrogens is 382 g/mol. The molecule has 1 fully saturated rings. The lowest BCUT2D eigenvalue weighted by atomic mass is 9.87. The third-order valence-corrected chi connectivity index (χ3v) is 6.70. The van der Waals surface area contributed by atoms with Gasteiger partial charge in [-0.2, -0.15) is 0 Å². The number of aromatic nitrogens is 1. The Labute approximate surface area is 186 Å². The molecule has 0 aliphatic carbocycles. The van der Waals surface area contributed by atoms with Gasteiger partial charge in [-0.1, -0.05) is 48.0 Å². The van der Waals surface area contributed by atoms with Crippen molar-refractivity contribution in [3.8, 4) is 0 Å². The molecule has 0 radical (unpaired) electrons. The van der Waals surface area contributed by atoms with Gasteiger partial charge >= 0.3 is 0 Å². The molecule has 2 heterocycles. The maximum absolute atomic E-state index is 13.0. The topological polar surface area (TPSA) is 46.1 Å². The Kier molecular flexibility index (Phi) is 7.08. The van der Waals surface area contributed by atoms with Crippen LogP contribution in [0.1, 0.15) is 55.2 Å². The first kappa shape index (κ1) is 21.6. The van der Waals surface area contributed by atoms with Crippen LogP contribution in [-0.4, -0.2) is 30.1 Å². The Morgan fingerprint density at radius 3 is 2.74 bits per heavy atom. The zero-order chi connectivity index (χ0) is 21.6. The van der Waals surface area contributed by atoms with Gasteiger partial charge in [-0.3, -0.25) is 4.79 Å². The largest absolute Gasteiger partial charge is 0.356 e. The Morgan fingerprint density at radius 1 is 1.16 bits per heavy atom. The summed E-state index contributed by atoms with van der Waals surface area (Å²) in [6, 6.07) is 17.2. The predicted molar refractivity (Wildman–Crippen MR) is 128 cm³/mol. The van der Waals surface area contributed by atoms with Gasteiger partial charge in [0, 0.05) is 42.5 Å². The van der Waals surface area contributed by atoms with Gasteiger partial charge < -0.3 is 15.2 Å². The van der Waals surface area contributed by atoms with Gasteiger partial charge in [-0.15, -0.1) is 0 Å². The lowest BCUT2D eigenvalue weighted by molar-refractivity contribution is -0.121. The fraction of sp³-hybridized carbons (Fsp3) is 0.444. The lowest BCUT2D eigenvalue weighted by Crippen LogP contribution is -2.31. The number of hydrogen-bond acceptors (Lipinski definition) is 2. The maximum atomic E-state index is 13.0. The summed E-state index contributed by atoms with van der Waals surface area (Å²) in [5.41, 5.74) is 4.93. The Bertz CT molecular complexity index is 1020. The van der Waals surface area contributed by atoms with E-state index in [9.17, 15) is 4.79 Å². The number of benzene rings is 2. The molecule has 2 aromatic carbocycles. The van der Waals surface area contributed by atoms with Crippen LogP contribution < -0.4 is 10.6 Å². The number of rotatable bonds is 8. The van der Waals surface area contributed by atoms with Crippen LogP contribution in [0.2, 0.25) is 0 Å². The number of nitrogens with one attached hydrogen (secondary N) is 2. The van der Waals surface area contributed by atoms with Crippen LogP contribution in [0.15, 0.2) is 54.7 Å². The van der Waals surface area contributed by atoms with E-state index in [-0.39, 0.29) is 11.8 Å². The lowest BCUT2D eigenvalue weighted by Gasteiger charge is -2.23. The number of piperidine rings is 1. The summed E-state index contributed by atoms with van der Waals surface area (Å²) in [6.45, 7) is 8.20. The number of amides is 1. The van der Waals surface area contributed by atoms with E-state index in [2.05, 4.69) is 83.8 Å². The van der Waals surface area contributed by atoms with E-state index in [1.54, 1.807) is 0 Å². The van der Waals surface area contributed by atoms with Crippen molar-refractivity contribution in [1.82, 2.24) is 15.2 Å². The normalized spacial score (nSPS) is 15.8. The Hall–Kier alpha value is -2.59. The van der Waals surface area contributed by atoms with Gasteiger partial charge in [-0.25, -0.2) is 0 Å². The minimum atomic E-state index is 0.0523. The van der Waals surface area contributed by atoms with Crippen molar-refractivity contribution in [3.05, 3.63) is 71.4 Å². The van der Waals surface area contributed by atoms with Gasteiger partial charge in [0.25, 0.3) is 0 Å². The quantitative estimate of drug-likeness (QED) is 0.542. The number of carbonyl (C=O) groups is 1. The summed E-state index contributed by atoms with van der Waals surface area (Å²) in [4.78, 5) is 13.0. The van der Waals surface area contributed by atoms with Crippen LogP contribution in [0.3, 0.4) is 0 Å². The molecule has 1 aliphatic rings. The average Bonchev–Trinajstić information content (AvgIpc) is 3.17. The highest BCUT2D eigenvalue weighted by atomic mass is 16.1. The van der Waals surface area contributed by atoms with Crippen molar-refractivity contribution in [2.45, 2.75) is 52.0 Å². The molecule has 0 spiro atoms. The highest BCUT2D eigenvalue weighted by Gasteiger charge is 2.23. The number of carbonyl (C=O) groups excluding carboxylic acids is 1. The third-order valence-electron chi connectivity index (χ3n) is 6.70. The van der Waals surface area contributed by atoms with Crippen molar-refractivity contribution in [2.75, 3.05) is 19.6 Å². The minimum absolute atomic E-state index is 0.0523. The summed E-state index contributed by atoms with van der Waals surface area (Å²) in [5, 5.41) is 7.88. The summed E-state index contributed by atoms with van der Waals surface area (Å²) >= 11 is 0. The molecule has 0 saturated carbocycles. The molecule has 1 unspecified atom stereocenters. The van der Waals surface area contributed by atoms with Crippen LogP contribution >= 0.6 is 0 Å². The van der Waals surface area contributed by atoms with Crippen LogP contribution in [0, 0.1) is 12.8 Å². The minimum Gasteiger partial charge on any atom is -0.356 e. The molecule has 1 atom stereocenters. The van der Waals surface area contributed by atoms with Crippen molar-refractivity contribution in [2.24, 2.45) is 5.92 Å². The first-order chi connectivity index (χ1) is 15.2. The van der Waals surface area contributed by atoms with Crippen molar-refractivity contribution >= 4 is 16.8 Å². The van der Waals surface area contributed by atoms with E-state index < -0.39 is 0 Å². The number of fused-ring (bicyclic) bond motifs is 1. The molecule has 1 aliphatic heterocycles. The number of para-hydroxylation sites is 1. The van der Waals surface area contributed by atoms with E-state index in [0.717, 1.165) is 38.5 Å². The van der Waals surface area contributed by atoms with Crippen molar-refractivity contribution in [1.29, 1.82) is 0 Å². The molecule has 2 N–H and O–H groups in total. The average molecular weight is 418 g/mol. The number of nitrogens with zero attached hydrogens (tertiary/aromatic N) is 1. The summed E-state index contributed by atoms with van der Waals surface area (Å²) in [5.74, 6) is 0.932. The monoisotopic (exact) mass is 417 g/mol. The second kappa shape index (κ2) is 10.1. The Balaban J connectivity index is 1.55. The first-order valence-electron chi connectivity index (χ1n) is 11.8. The van der Waals surface area contributed by atoms with Crippen LogP contribution in [0.5, 0.6) is 0 Å². The molecule has 164 valence electrons. The van der Waals surface area contributed by atoms with Crippen LogP contribution in [0.25, 0.3) is 10.9 Å². The summed E-state index contributed by atoms with van der Waals surface area (Å²) in [7, 11) is 0. The van der Waals surface area contributed by atoms with E-state index in [4.69, 9.17) is 0 Å². The molecule has 4 heteroatoms. The fourth-order valence-electron chi connectivity index (χ4n) is 4.95. The summed E-state index contributed by atoms with van der Waals surface area (Å²) in [6.07, 6.45) is 6.25. The molecule has 1 amide bonds. The number of aryl methyl sites for hydroxylation is 2. The van der Waals surface area contributed by atoms with E-state index in [1.807, 2.05) is 0 Å². The van der Waals surface area contributed by atoms with E-state index >= 15 is 0 Å². The van der Waals surface area contributed by atoms with Crippen LogP contribution in [-0.2, 0) is 11.3 Å². The van der Waals surface area contributed by atoms with Gasteiger partial charge in [0.15, 0.2) is 0 Å². The Morgan fingerprint density at radius 2 is 1.97 bits per heavy atom. The predicted octanol–water partition coefficient (Wildman–Crippen LogP) is 5.00. The molecule has 1 saturated heterocycles. The van der Waals surface area contributed by atoms with Gasteiger partial charge in [0.05, 0.1) is 0 Å². The second-order valence-electron chi connectivity index (χ2n) is 8.89. The van der Waals surface area contributed by atoms with Crippen molar-refractivity contribution < 1.29 is 4.79 Å². The zero-order valence-corrected chi connectivity index (χ0v) is 18.9. The van der Waals surface area contributed by atoms with Gasteiger partial charge in [0.1, 0.15) is 0 Å². The number of hydrogen-bond donors (Lipinski definition) is 2. The molecular formula is C27H35N3O. The third kappa shape index (κ3) is 5.19. The van der Waals surface area contributed by atoms with Crippen molar-refractivity contribution in [3.63, 3.8) is 0 Å². The first-order valence-corrected chi connectivity index (χ1v) is 11.8. The molecule has 4 rings (SSSR count). The van der Waals surface area contributed by atoms with E-state index in [1.165, 1.54) is 40.4 Å². The molecule has 0 bridgehead atoms. The van der Waals surface area contributed by atoms with Gasteiger partial charge in [-0.05, 0) is 69.3 Å². The molecule has 31 heavy (non-hydrogen) atoms. The second-order valence-corrected chi connectivity index (χ2v) is 8.89. The standard InChI is InChI=1S/C27H35N3O/c1-3-30-19-25(23-9-4-5-10-26(23)30)24(22-8-6-7-20(2)17-22)18-27(31)29-16-13-21-11-14-28-15-12-21/h4-10,17,19,21,24,28H,3,11-16,18H2,1-2H3,(H,29,31). The maximum Gasteiger partial charge on any atom is 0.220 e. The highest BCUT2D eigenvalue weighted by Crippen LogP contribution is 2.35. The van der Waals surface area contributed by atoms with Gasteiger partial charge in [0.2, 0.25) is 5.91 Å². The molecule has 1 aromatic heterocycles. The van der Waals surface area contributed by atoms with Crippen LogP contribution in [0.4, 0.5) is 0 Å². The fourth-order valence-corrected chi connectivity index (χ4v) is 4.95. The molecule has 3 aromatic rings. The van der Waals surface area contributed by atoms with E-state index in [0.29, 0.717) is 6.42 Å². The SMILES string of the molecule is CCn1cc(C(CC(=O)NCCC2CCNCC2)c2cccc(C)c2)c2ccccc21. The highest BCUT2D eigenvalue weighted by molar-refractivity contribution is 5.86. The molecule has 4 nitrogen and oxygen atoms in total. The summed E-state index contributed by atoms with van der Waals surface area (Å²) < 4.78 is 2.29.